The number of amides is 1. The number of carbonyl (C=O) groups excluding carboxylic acids is 1. The standard InChI is InChI=1S/C12H23N3O2/c1-14-4-2-10(3-5-14)7-15-8-11(6-13)17-9-12(15)16/h10-11H,2-9,13H2,1H3. The molecule has 2 heterocycles. The summed E-state index contributed by atoms with van der Waals surface area (Å²) in [5.41, 5.74) is 5.59. The minimum Gasteiger partial charge on any atom is -0.365 e. The van der Waals surface area contributed by atoms with Crippen molar-refractivity contribution in [2.45, 2.75) is 18.9 Å². The van der Waals surface area contributed by atoms with Crippen molar-refractivity contribution in [3.63, 3.8) is 0 Å². The normalized spacial score (nSPS) is 28.7. The van der Waals surface area contributed by atoms with Gasteiger partial charge in [-0.15, -0.1) is 0 Å². The Morgan fingerprint density at radius 3 is 2.76 bits per heavy atom. The van der Waals surface area contributed by atoms with Crippen molar-refractivity contribution in [2.75, 3.05) is 46.4 Å². The Labute approximate surface area is 103 Å². The molecule has 0 aromatic rings. The molecular formula is C12H23N3O2. The zero-order valence-electron chi connectivity index (χ0n) is 10.6. The first-order valence-corrected chi connectivity index (χ1v) is 6.47. The van der Waals surface area contributed by atoms with Crippen molar-refractivity contribution in [2.24, 2.45) is 11.7 Å². The number of likely N-dealkylation sites (tertiary alicyclic amines) is 1. The molecule has 1 atom stereocenters. The van der Waals surface area contributed by atoms with E-state index < -0.39 is 0 Å². The summed E-state index contributed by atoms with van der Waals surface area (Å²) in [6.07, 6.45) is 2.40. The fraction of sp³-hybridized carbons (Fsp3) is 0.917. The van der Waals surface area contributed by atoms with Gasteiger partial charge in [-0.1, -0.05) is 0 Å². The molecule has 2 saturated heterocycles. The summed E-state index contributed by atoms with van der Waals surface area (Å²) >= 11 is 0. The maximum atomic E-state index is 11.7. The Bertz CT molecular complexity index is 264. The lowest BCUT2D eigenvalue weighted by molar-refractivity contribution is -0.149. The van der Waals surface area contributed by atoms with E-state index in [0.29, 0.717) is 19.0 Å². The lowest BCUT2D eigenvalue weighted by Gasteiger charge is -2.37. The summed E-state index contributed by atoms with van der Waals surface area (Å²) in [5, 5.41) is 0. The summed E-state index contributed by atoms with van der Waals surface area (Å²) in [6, 6.07) is 0. The molecule has 0 saturated carbocycles. The van der Waals surface area contributed by atoms with E-state index in [1.807, 2.05) is 4.90 Å². The predicted molar refractivity (Wildman–Crippen MR) is 65.6 cm³/mol. The molecule has 0 spiro atoms. The SMILES string of the molecule is CN1CCC(CN2CC(CN)OCC2=O)CC1. The predicted octanol–water partition coefficient (Wildman–Crippen LogP) is -0.486. The van der Waals surface area contributed by atoms with Crippen molar-refractivity contribution in [1.29, 1.82) is 0 Å². The number of rotatable bonds is 3. The van der Waals surface area contributed by atoms with E-state index >= 15 is 0 Å². The topological polar surface area (TPSA) is 58.8 Å². The highest BCUT2D eigenvalue weighted by atomic mass is 16.5. The third kappa shape index (κ3) is 3.40. The maximum Gasteiger partial charge on any atom is 0.248 e. The van der Waals surface area contributed by atoms with E-state index in [2.05, 4.69) is 11.9 Å². The minimum atomic E-state index is 0.0268. The fourth-order valence-corrected chi connectivity index (χ4v) is 2.56. The highest BCUT2D eigenvalue weighted by molar-refractivity contribution is 5.78. The van der Waals surface area contributed by atoms with Crippen LogP contribution in [0.4, 0.5) is 0 Å². The van der Waals surface area contributed by atoms with Crippen LogP contribution in [0.15, 0.2) is 0 Å². The van der Waals surface area contributed by atoms with Crippen LogP contribution in [0.25, 0.3) is 0 Å². The monoisotopic (exact) mass is 241 g/mol. The van der Waals surface area contributed by atoms with E-state index in [4.69, 9.17) is 10.5 Å². The number of ether oxygens (including phenoxy) is 1. The highest BCUT2D eigenvalue weighted by Gasteiger charge is 2.28. The fourth-order valence-electron chi connectivity index (χ4n) is 2.56. The molecule has 1 amide bonds. The van der Waals surface area contributed by atoms with Crippen molar-refractivity contribution in [3.05, 3.63) is 0 Å². The molecule has 2 aliphatic heterocycles. The van der Waals surface area contributed by atoms with Gasteiger partial charge >= 0.3 is 0 Å². The molecular weight excluding hydrogens is 218 g/mol. The van der Waals surface area contributed by atoms with Crippen LogP contribution in [0, 0.1) is 5.92 Å². The number of nitrogens with two attached hydrogens (primary N) is 1. The smallest absolute Gasteiger partial charge is 0.248 e. The van der Waals surface area contributed by atoms with E-state index in [0.717, 1.165) is 19.6 Å². The van der Waals surface area contributed by atoms with Gasteiger partial charge in [0.05, 0.1) is 6.10 Å². The Hall–Kier alpha value is -0.650. The Morgan fingerprint density at radius 2 is 2.12 bits per heavy atom. The number of morpholine rings is 1. The molecule has 0 aromatic carbocycles. The highest BCUT2D eigenvalue weighted by Crippen LogP contribution is 2.18. The van der Waals surface area contributed by atoms with Gasteiger partial charge in [-0.25, -0.2) is 0 Å². The second-order valence-electron chi connectivity index (χ2n) is 5.21. The van der Waals surface area contributed by atoms with Crippen molar-refractivity contribution in [1.82, 2.24) is 9.80 Å². The van der Waals surface area contributed by atoms with Crippen LogP contribution >= 0.6 is 0 Å². The van der Waals surface area contributed by atoms with Gasteiger partial charge in [0.2, 0.25) is 5.91 Å². The van der Waals surface area contributed by atoms with Crippen LogP contribution in [0.3, 0.4) is 0 Å². The summed E-state index contributed by atoms with van der Waals surface area (Å²) in [6.45, 7) is 4.53. The van der Waals surface area contributed by atoms with E-state index in [1.165, 1.54) is 12.8 Å². The van der Waals surface area contributed by atoms with Gasteiger partial charge in [0.25, 0.3) is 0 Å². The second kappa shape index (κ2) is 5.80. The molecule has 5 nitrogen and oxygen atoms in total. The molecule has 0 bridgehead atoms. The average molecular weight is 241 g/mol. The first kappa shape index (κ1) is 12.8. The Kier molecular flexibility index (Phi) is 4.36. The van der Waals surface area contributed by atoms with Gasteiger partial charge in [-0.3, -0.25) is 4.79 Å². The van der Waals surface area contributed by atoms with Crippen molar-refractivity contribution in [3.8, 4) is 0 Å². The molecule has 1 unspecified atom stereocenters. The number of hydrogen-bond acceptors (Lipinski definition) is 4. The van der Waals surface area contributed by atoms with Crippen LogP contribution in [-0.2, 0) is 9.53 Å². The molecule has 17 heavy (non-hydrogen) atoms. The van der Waals surface area contributed by atoms with Gasteiger partial charge in [0.15, 0.2) is 0 Å². The quantitative estimate of drug-likeness (QED) is 0.724. The van der Waals surface area contributed by atoms with E-state index in [9.17, 15) is 4.79 Å². The summed E-state index contributed by atoms with van der Waals surface area (Å²) in [4.78, 5) is 16.0. The molecule has 2 rings (SSSR count). The van der Waals surface area contributed by atoms with Gasteiger partial charge < -0.3 is 20.3 Å². The molecule has 2 aliphatic rings. The van der Waals surface area contributed by atoms with E-state index in [1.54, 1.807) is 0 Å². The zero-order chi connectivity index (χ0) is 12.3. The molecule has 0 radical (unpaired) electrons. The summed E-state index contributed by atoms with van der Waals surface area (Å²) < 4.78 is 5.35. The van der Waals surface area contributed by atoms with Crippen LogP contribution in [0.2, 0.25) is 0 Å². The second-order valence-corrected chi connectivity index (χ2v) is 5.21. The van der Waals surface area contributed by atoms with Crippen LogP contribution in [-0.4, -0.2) is 68.2 Å². The van der Waals surface area contributed by atoms with E-state index in [-0.39, 0.29) is 18.6 Å². The number of nitrogens with zero attached hydrogens (tertiary/aromatic N) is 2. The van der Waals surface area contributed by atoms with Crippen LogP contribution in [0.5, 0.6) is 0 Å². The van der Waals surface area contributed by atoms with Crippen molar-refractivity contribution >= 4 is 5.91 Å². The third-order valence-electron chi connectivity index (χ3n) is 3.80. The lowest BCUT2D eigenvalue weighted by Crippen LogP contribution is -2.51. The van der Waals surface area contributed by atoms with Crippen molar-refractivity contribution < 1.29 is 9.53 Å². The minimum absolute atomic E-state index is 0.0268. The largest absolute Gasteiger partial charge is 0.365 e. The molecule has 5 heteroatoms. The van der Waals surface area contributed by atoms with Crippen LogP contribution < -0.4 is 5.73 Å². The first-order chi connectivity index (χ1) is 8.19. The average Bonchev–Trinajstić information content (AvgIpc) is 2.35. The molecule has 2 N–H and O–H groups in total. The molecule has 98 valence electrons. The zero-order valence-corrected chi connectivity index (χ0v) is 10.6. The lowest BCUT2D eigenvalue weighted by atomic mass is 9.96. The maximum absolute atomic E-state index is 11.7. The Morgan fingerprint density at radius 1 is 1.41 bits per heavy atom. The van der Waals surface area contributed by atoms with Gasteiger partial charge in [0, 0.05) is 19.6 Å². The molecule has 0 aromatic heterocycles. The number of piperidine rings is 1. The van der Waals surface area contributed by atoms with Gasteiger partial charge in [0.1, 0.15) is 6.61 Å². The number of hydrogen-bond donors (Lipinski definition) is 1. The Balaban J connectivity index is 1.82. The van der Waals surface area contributed by atoms with Gasteiger partial charge in [-0.2, -0.15) is 0 Å². The summed E-state index contributed by atoms with van der Waals surface area (Å²) in [5.74, 6) is 0.764. The van der Waals surface area contributed by atoms with Crippen LogP contribution in [0.1, 0.15) is 12.8 Å². The van der Waals surface area contributed by atoms with Gasteiger partial charge in [-0.05, 0) is 38.9 Å². The first-order valence-electron chi connectivity index (χ1n) is 6.47. The molecule has 2 fully saturated rings. The third-order valence-corrected chi connectivity index (χ3v) is 3.80. The number of carbonyl (C=O) groups is 1. The summed E-state index contributed by atoms with van der Waals surface area (Å²) in [7, 11) is 2.15. The molecule has 0 aliphatic carbocycles.